The van der Waals surface area contributed by atoms with Crippen LogP contribution >= 0.6 is 11.3 Å². The van der Waals surface area contributed by atoms with Crippen molar-refractivity contribution in [2.45, 2.75) is 17.6 Å². The van der Waals surface area contributed by atoms with Gasteiger partial charge in [0, 0.05) is 11.1 Å². The van der Waals surface area contributed by atoms with Crippen molar-refractivity contribution in [2.24, 2.45) is 0 Å². The normalized spacial score (nSPS) is 11.5. The maximum absolute atomic E-state index is 11.4. The average molecular weight is 296 g/mol. The molecule has 0 unspecified atom stereocenters. The fourth-order valence-corrected chi connectivity index (χ4v) is 3.54. The lowest BCUT2D eigenvalue weighted by Gasteiger charge is -2.04. The molecule has 1 heterocycles. The number of sulfone groups is 1. The molecular formula is C14H16O3S2. The van der Waals surface area contributed by atoms with Gasteiger partial charge in [0.05, 0.1) is 6.61 Å². The molecule has 1 aromatic heterocycles. The van der Waals surface area contributed by atoms with Crippen molar-refractivity contribution >= 4 is 21.2 Å². The van der Waals surface area contributed by atoms with Crippen LogP contribution in [0.3, 0.4) is 0 Å². The fraction of sp³-hybridized carbons (Fsp3) is 0.286. The van der Waals surface area contributed by atoms with E-state index in [9.17, 15) is 8.42 Å². The third kappa shape index (κ3) is 3.58. The van der Waals surface area contributed by atoms with Gasteiger partial charge in [-0.3, -0.25) is 0 Å². The van der Waals surface area contributed by atoms with E-state index < -0.39 is 9.84 Å². The van der Waals surface area contributed by atoms with Gasteiger partial charge >= 0.3 is 0 Å². The maximum Gasteiger partial charge on any atom is 0.184 e. The van der Waals surface area contributed by atoms with E-state index in [1.165, 1.54) is 17.6 Å². The highest BCUT2D eigenvalue weighted by molar-refractivity contribution is 7.92. The number of hydrogen-bond acceptors (Lipinski definition) is 4. The highest BCUT2D eigenvalue weighted by atomic mass is 32.2. The van der Waals surface area contributed by atoms with Crippen molar-refractivity contribution < 1.29 is 13.2 Å². The van der Waals surface area contributed by atoms with Crippen LogP contribution in [0.15, 0.2) is 40.6 Å². The Bertz CT molecular complexity index is 640. The Morgan fingerprint density at radius 3 is 2.32 bits per heavy atom. The fourth-order valence-electron chi connectivity index (χ4n) is 1.61. The van der Waals surface area contributed by atoms with Crippen LogP contribution in [0.4, 0.5) is 0 Å². The molecule has 0 fully saturated rings. The first kappa shape index (κ1) is 14.1. The second-order valence-electron chi connectivity index (χ2n) is 4.26. The van der Waals surface area contributed by atoms with Gasteiger partial charge in [-0.25, -0.2) is 8.42 Å². The SMILES string of the molecule is CCCOc1ccc(-c2ccc(S(C)(=O)=O)s2)cc1. The number of thiophene rings is 1. The summed E-state index contributed by atoms with van der Waals surface area (Å²) in [7, 11) is -3.12. The molecule has 2 rings (SSSR count). The molecular weight excluding hydrogens is 280 g/mol. The van der Waals surface area contributed by atoms with Gasteiger partial charge in [0.25, 0.3) is 0 Å². The molecule has 0 saturated carbocycles. The summed E-state index contributed by atoms with van der Waals surface area (Å²) in [6.45, 7) is 2.77. The van der Waals surface area contributed by atoms with Gasteiger partial charge in [-0.2, -0.15) is 0 Å². The zero-order valence-corrected chi connectivity index (χ0v) is 12.6. The van der Waals surface area contributed by atoms with E-state index in [2.05, 4.69) is 6.92 Å². The summed E-state index contributed by atoms with van der Waals surface area (Å²) in [6, 6.07) is 11.2. The van der Waals surface area contributed by atoms with Crippen molar-refractivity contribution in [1.82, 2.24) is 0 Å². The molecule has 0 aliphatic carbocycles. The van der Waals surface area contributed by atoms with Crippen molar-refractivity contribution in [3.8, 4) is 16.2 Å². The number of rotatable bonds is 5. The van der Waals surface area contributed by atoms with Gasteiger partial charge in [-0.15, -0.1) is 11.3 Å². The molecule has 0 N–H and O–H groups in total. The predicted molar refractivity (Wildman–Crippen MR) is 78.7 cm³/mol. The topological polar surface area (TPSA) is 43.4 Å². The van der Waals surface area contributed by atoms with Gasteiger partial charge in [0.1, 0.15) is 9.96 Å². The Balaban J connectivity index is 2.20. The smallest absolute Gasteiger partial charge is 0.184 e. The molecule has 0 aliphatic heterocycles. The molecule has 2 aromatic rings. The maximum atomic E-state index is 11.4. The van der Waals surface area contributed by atoms with E-state index in [0.29, 0.717) is 10.8 Å². The number of benzene rings is 1. The van der Waals surface area contributed by atoms with Crippen molar-refractivity contribution in [1.29, 1.82) is 0 Å². The minimum absolute atomic E-state index is 0.397. The van der Waals surface area contributed by atoms with E-state index in [0.717, 1.165) is 22.6 Å². The molecule has 102 valence electrons. The zero-order valence-electron chi connectivity index (χ0n) is 10.9. The molecule has 1 aromatic carbocycles. The molecule has 0 amide bonds. The van der Waals surface area contributed by atoms with Crippen LogP contribution in [0.25, 0.3) is 10.4 Å². The third-order valence-electron chi connectivity index (χ3n) is 2.56. The summed E-state index contributed by atoms with van der Waals surface area (Å²) < 4.78 is 28.8. The molecule has 0 atom stereocenters. The van der Waals surface area contributed by atoms with E-state index >= 15 is 0 Å². The van der Waals surface area contributed by atoms with Crippen LogP contribution in [0.5, 0.6) is 5.75 Å². The quantitative estimate of drug-likeness (QED) is 0.846. The first-order valence-corrected chi connectivity index (χ1v) is 8.74. The molecule has 19 heavy (non-hydrogen) atoms. The van der Waals surface area contributed by atoms with Crippen molar-refractivity contribution in [3.63, 3.8) is 0 Å². The summed E-state index contributed by atoms with van der Waals surface area (Å²) in [5.41, 5.74) is 1.00. The molecule has 0 bridgehead atoms. The Hall–Kier alpha value is -1.33. The Morgan fingerprint density at radius 2 is 1.79 bits per heavy atom. The summed E-state index contributed by atoms with van der Waals surface area (Å²) in [6.07, 6.45) is 2.20. The lowest BCUT2D eigenvalue weighted by Crippen LogP contribution is -1.94. The average Bonchev–Trinajstić information content (AvgIpc) is 2.86. The highest BCUT2D eigenvalue weighted by Gasteiger charge is 2.11. The number of ether oxygens (including phenoxy) is 1. The highest BCUT2D eigenvalue weighted by Crippen LogP contribution is 2.31. The zero-order chi connectivity index (χ0) is 13.9. The molecule has 0 saturated heterocycles. The predicted octanol–water partition coefficient (Wildman–Crippen LogP) is 3.61. The second-order valence-corrected chi connectivity index (χ2v) is 7.59. The van der Waals surface area contributed by atoms with E-state index in [1.54, 1.807) is 6.07 Å². The number of hydrogen-bond donors (Lipinski definition) is 0. The van der Waals surface area contributed by atoms with Crippen molar-refractivity contribution in [3.05, 3.63) is 36.4 Å². The van der Waals surface area contributed by atoms with Gasteiger partial charge in [0.15, 0.2) is 9.84 Å². The second kappa shape index (κ2) is 5.75. The standard InChI is InChI=1S/C14H16O3S2/c1-3-10-17-12-6-4-11(5-7-12)13-8-9-14(18-13)19(2,15)16/h4-9H,3,10H2,1-2H3. The molecule has 0 spiro atoms. The molecule has 0 radical (unpaired) electrons. The van der Waals surface area contributed by atoms with E-state index in [-0.39, 0.29) is 0 Å². The molecule has 5 heteroatoms. The van der Waals surface area contributed by atoms with Crippen LogP contribution in [-0.4, -0.2) is 21.3 Å². The monoisotopic (exact) mass is 296 g/mol. The summed E-state index contributed by atoms with van der Waals surface area (Å²) >= 11 is 1.29. The van der Waals surface area contributed by atoms with Crippen molar-refractivity contribution in [2.75, 3.05) is 12.9 Å². The summed E-state index contributed by atoms with van der Waals surface area (Å²) in [4.78, 5) is 0.947. The van der Waals surface area contributed by atoms with Crippen LogP contribution in [0, 0.1) is 0 Å². The Kier molecular flexibility index (Phi) is 4.27. The lowest BCUT2D eigenvalue weighted by molar-refractivity contribution is 0.317. The van der Waals surface area contributed by atoms with Crippen LogP contribution in [0.2, 0.25) is 0 Å². The van der Waals surface area contributed by atoms with E-state index in [4.69, 9.17) is 4.74 Å². The first-order valence-electron chi connectivity index (χ1n) is 6.04. The van der Waals surface area contributed by atoms with Gasteiger partial charge in [-0.1, -0.05) is 6.92 Å². The Morgan fingerprint density at radius 1 is 1.11 bits per heavy atom. The Labute approximate surface area is 117 Å². The minimum atomic E-state index is -3.12. The van der Waals surface area contributed by atoms with Gasteiger partial charge in [-0.05, 0) is 48.4 Å². The van der Waals surface area contributed by atoms with Crippen LogP contribution in [-0.2, 0) is 9.84 Å². The lowest BCUT2D eigenvalue weighted by atomic mass is 10.2. The largest absolute Gasteiger partial charge is 0.494 e. The first-order chi connectivity index (χ1) is 9.00. The van der Waals surface area contributed by atoms with E-state index in [1.807, 2.05) is 30.3 Å². The molecule has 3 nitrogen and oxygen atoms in total. The third-order valence-corrected chi connectivity index (χ3v) is 5.51. The summed E-state index contributed by atoms with van der Waals surface area (Å²) in [5.74, 6) is 0.838. The molecule has 0 aliphatic rings. The van der Waals surface area contributed by atoms with Crippen LogP contribution in [0.1, 0.15) is 13.3 Å². The summed E-state index contributed by atoms with van der Waals surface area (Å²) in [5, 5.41) is 0. The van der Waals surface area contributed by atoms with Gasteiger partial charge in [0.2, 0.25) is 0 Å². The van der Waals surface area contributed by atoms with Gasteiger partial charge < -0.3 is 4.74 Å². The minimum Gasteiger partial charge on any atom is -0.494 e. The van der Waals surface area contributed by atoms with Crippen LogP contribution < -0.4 is 4.74 Å².